The van der Waals surface area contributed by atoms with Crippen molar-refractivity contribution in [3.05, 3.63) is 59.1 Å². The van der Waals surface area contributed by atoms with Crippen LogP contribution < -0.4 is 10.1 Å². The van der Waals surface area contributed by atoms with Crippen LogP contribution in [0.2, 0.25) is 5.02 Å². The highest BCUT2D eigenvalue weighted by atomic mass is 35.5. The summed E-state index contributed by atoms with van der Waals surface area (Å²) in [5, 5.41) is 16.2. The van der Waals surface area contributed by atoms with Gasteiger partial charge in [-0.05, 0) is 54.0 Å². The van der Waals surface area contributed by atoms with Crippen molar-refractivity contribution in [3.63, 3.8) is 0 Å². The van der Waals surface area contributed by atoms with Gasteiger partial charge in [-0.2, -0.15) is 4.80 Å². The third-order valence-electron chi connectivity index (χ3n) is 5.02. The Kier molecular flexibility index (Phi) is 5.76. The smallest absolute Gasteiger partial charge is 0.246 e. The van der Waals surface area contributed by atoms with Gasteiger partial charge < -0.3 is 10.1 Å². The summed E-state index contributed by atoms with van der Waals surface area (Å²) in [6.45, 7) is 3.06. The Morgan fingerprint density at radius 3 is 2.86 bits per heavy atom. The maximum Gasteiger partial charge on any atom is 0.246 e. The monoisotopic (exact) mass is 411 g/mol. The van der Waals surface area contributed by atoms with Crippen LogP contribution in [0.25, 0.3) is 11.4 Å². The van der Waals surface area contributed by atoms with Crippen LogP contribution in [-0.2, 0) is 11.2 Å². The Balaban J connectivity index is 1.38. The van der Waals surface area contributed by atoms with Crippen molar-refractivity contribution < 1.29 is 9.53 Å². The van der Waals surface area contributed by atoms with Gasteiger partial charge in [0.1, 0.15) is 5.75 Å². The maximum atomic E-state index is 12.8. The van der Waals surface area contributed by atoms with Crippen LogP contribution >= 0.6 is 11.6 Å². The van der Waals surface area contributed by atoms with Gasteiger partial charge >= 0.3 is 0 Å². The van der Waals surface area contributed by atoms with Crippen molar-refractivity contribution in [2.24, 2.45) is 5.92 Å². The number of aromatic nitrogens is 4. The zero-order valence-corrected chi connectivity index (χ0v) is 16.8. The first-order chi connectivity index (χ1) is 14.1. The van der Waals surface area contributed by atoms with Gasteiger partial charge in [-0.3, -0.25) is 4.79 Å². The molecule has 1 aliphatic rings. The molecule has 0 bridgehead atoms. The van der Waals surface area contributed by atoms with Crippen LogP contribution in [0, 0.1) is 5.92 Å². The molecule has 8 heteroatoms. The minimum Gasteiger partial charge on any atom is -0.493 e. The van der Waals surface area contributed by atoms with Crippen LogP contribution in [0.3, 0.4) is 0 Å². The van der Waals surface area contributed by atoms with Gasteiger partial charge in [-0.25, -0.2) is 0 Å². The summed E-state index contributed by atoms with van der Waals surface area (Å²) in [5.41, 5.74) is 1.98. The number of hydrogen-bond acceptors (Lipinski definition) is 5. The van der Waals surface area contributed by atoms with E-state index in [0.717, 1.165) is 17.7 Å². The highest BCUT2D eigenvalue weighted by molar-refractivity contribution is 6.30. The molecule has 0 spiro atoms. The lowest BCUT2D eigenvalue weighted by molar-refractivity contribution is -0.125. The van der Waals surface area contributed by atoms with Crippen LogP contribution in [0.15, 0.2) is 48.5 Å². The summed E-state index contributed by atoms with van der Waals surface area (Å²) in [6, 6.07) is 14.7. The third-order valence-corrected chi connectivity index (χ3v) is 5.27. The van der Waals surface area contributed by atoms with Gasteiger partial charge in [0.15, 0.2) is 6.04 Å². The molecule has 1 aromatic heterocycles. The van der Waals surface area contributed by atoms with Crippen molar-refractivity contribution in [3.8, 4) is 17.1 Å². The second-order valence-corrected chi connectivity index (χ2v) is 7.53. The number of amides is 1. The molecule has 2 unspecified atom stereocenters. The average Bonchev–Trinajstić information content (AvgIpc) is 3.23. The van der Waals surface area contributed by atoms with Gasteiger partial charge in [0, 0.05) is 23.0 Å². The number of carbonyl (C=O) groups is 1. The average molecular weight is 412 g/mol. The molecule has 2 aromatic carbocycles. The Morgan fingerprint density at radius 1 is 1.28 bits per heavy atom. The zero-order chi connectivity index (χ0) is 20.2. The fourth-order valence-electron chi connectivity index (χ4n) is 3.41. The molecule has 0 aliphatic carbocycles. The van der Waals surface area contributed by atoms with Crippen molar-refractivity contribution in [1.29, 1.82) is 0 Å². The number of ether oxygens (including phenoxy) is 1. The number of tetrazole rings is 1. The van der Waals surface area contributed by atoms with Crippen LogP contribution in [0.5, 0.6) is 5.75 Å². The Bertz CT molecular complexity index is 989. The minimum absolute atomic E-state index is 0.119. The number of fused-ring (bicyclic) bond motifs is 1. The van der Waals surface area contributed by atoms with Crippen molar-refractivity contribution in [2.75, 3.05) is 13.2 Å². The molecule has 0 fully saturated rings. The lowest BCUT2D eigenvalue weighted by Gasteiger charge is -2.26. The highest BCUT2D eigenvalue weighted by Crippen LogP contribution is 2.26. The molecule has 4 rings (SSSR count). The second-order valence-electron chi connectivity index (χ2n) is 7.10. The van der Waals surface area contributed by atoms with E-state index in [1.807, 2.05) is 37.3 Å². The van der Waals surface area contributed by atoms with E-state index >= 15 is 0 Å². The molecule has 3 aromatic rings. The largest absolute Gasteiger partial charge is 0.493 e. The molecule has 1 N–H and O–H groups in total. The molecular formula is C21H22ClN5O2. The van der Waals surface area contributed by atoms with E-state index in [0.29, 0.717) is 30.4 Å². The first-order valence-corrected chi connectivity index (χ1v) is 10.1. The van der Waals surface area contributed by atoms with E-state index < -0.39 is 6.04 Å². The number of nitrogens with one attached hydrogen (secondary N) is 1. The molecule has 2 heterocycles. The Labute approximate surface area is 174 Å². The van der Waals surface area contributed by atoms with Crippen LogP contribution in [0.4, 0.5) is 0 Å². The van der Waals surface area contributed by atoms with Gasteiger partial charge in [0.2, 0.25) is 11.7 Å². The topological polar surface area (TPSA) is 81.9 Å². The minimum atomic E-state index is -0.514. The normalized spacial score (nSPS) is 16.6. The number of nitrogens with zero attached hydrogens (tertiary/aromatic N) is 4. The van der Waals surface area contributed by atoms with Gasteiger partial charge in [0.25, 0.3) is 0 Å². The van der Waals surface area contributed by atoms with E-state index in [-0.39, 0.29) is 11.8 Å². The van der Waals surface area contributed by atoms with Crippen LogP contribution in [0.1, 0.15) is 24.9 Å². The standard InChI is InChI=1S/C21H22ClN5O2/c1-2-18(27-25-20(24-26-27)15-7-9-17(22)10-8-15)21(28)23-12-14-11-16-5-3-4-6-19(16)29-13-14/h3-10,14,18H,2,11-13H2,1H3,(H,23,28). The van der Waals surface area contributed by atoms with Crippen LogP contribution in [-0.4, -0.2) is 39.3 Å². The van der Waals surface area contributed by atoms with E-state index in [1.54, 1.807) is 12.1 Å². The molecule has 0 radical (unpaired) electrons. The quantitative estimate of drug-likeness (QED) is 0.672. The Morgan fingerprint density at radius 2 is 2.07 bits per heavy atom. The van der Waals surface area contributed by atoms with Gasteiger partial charge in [0.05, 0.1) is 6.61 Å². The molecule has 1 aliphatic heterocycles. The summed E-state index contributed by atoms with van der Waals surface area (Å²) < 4.78 is 5.80. The lowest BCUT2D eigenvalue weighted by Crippen LogP contribution is -2.39. The maximum absolute atomic E-state index is 12.8. The SMILES string of the molecule is CCC(C(=O)NCC1COc2ccccc2C1)n1nnc(-c2ccc(Cl)cc2)n1. The number of para-hydroxylation sites is 1. The molecule has 0 saturated carbocycles. The predicted molar refractivity (Wildman–Crippen MR) is 110 cm³/mol. The molecule has 1 amide bonds. The number of rotatable bonds is 6. The van der Waals surface area contributed by atoms with E-state index in [9.17, 15) is 4.79 Å². The summed E-state index contributed by atoms with van der Waals surface area (Å²) in [4.78, 5) is 14.1. The number of hydrogen-bond donors (Lipinski definition) is 1. The number of benzene rings is 2. The number of halogens is 1. The first-order valence-electron chi connectivity index (χ1n) is 9.68. The fourth-order valence-corrected chi connectivity index (χ4v) is 3.54. The second kappa shape index (κ2) is 8.61. The van der Waals surface area contributed by atoms with Gasteiger partial charge in [-0.15, -0.1) is 10.2 Å². The van der Waals surface area contributed by atoms with E-state index in [4.69, 9.17) is 16.3 Å². The molecule has 150 valence electrons. The summed E-state index contributed by atoms with van der Waals surface area (Å²) in [7, 11) is 0. The third kappa shape index (κ3) is 4.40. The van der Waals surface area contributed by atoms with E-state index in [2.05, 4.69) is 26.8 Å². The molecule has 2 atom stereocenters. The fraction of sp³-hybridized carbons (Fsp3) is 0.333. The van der Waals surface area contributed by atoms with Gasteiger partial charge in [-0.1, -0.05) is 36.7 Å². The summed E-state index contributed by atoms with van der Waals surface area (Å²) in [5.74, 6) is 1.51. The summed E-state index contributed by atoms with van der Waals surface area (Å²) >= 11 is 5.92. The zero-order valence-electron chi connectivity index (χ0n) is 16.1. The molecule has 29 heavy (non-hydrogen) atoms. The molecular weight excluding hydrogens is 390 g/mol. The van der Waals surface area contributed by atoms with Crippen molar-refractivity contribution >= 4 is 17.5 Å². The first kappa shape index (κ1) is 19.4. The van der Waals surface area contributed by atoms with Crippen molar-refractivity contribution in [1.82, 2.24) is 25.5 Å². The highest BCUT2D eigenvalue weighted by Gasteiger charge is 2.25. The predicted octanol–water partition coefficient (Wildman–Crippen LogP) is 3.31. The summed E-state index contributed by atoms with van der Waals surface area (Å²) in [6.07, 6.45) is 1.45. The lowest BCUT2D eigenvalue weighted by atomic mass is 9.96. The van der Waals surface area contributed by atoms with Crippen molar-refractivity contribution in [2.45, 2.75) is 25.8 Å². The number of carbonyl (C=O) groups excluding carboxylic acids is 1. The Hall–Kier alpha value is -2.93. The molecule has 7 nitrogen and oxygen atoms in total. The van der Waals surface area contributed by atoms with E-state index in [1.165, 1.54) is 10.4 Å². The molecule has 0 saturated heterocycles.